The molecule has 1 amide bonds. The van der Waals surface area contributed by atoms with Crippen LogP contribution in [0.3, 0.4) is 0 Å². The Hall–Kier alpha value is -1.79. The van der Waals surface area contributed by atoms with Crippen molar-refractivity contribution in [3.8, 4) is 11.5 Å². The Kier molecular flexibility index (Phi) is 8.32. The van der Waals surface area contributed by atoms with E-state index < -0.39 is 0 Å². The Balaban J connectivity index is 2.30. The molecule has 1 aromatic rings. The van der Waals surface area contributed by atoms with Gasteiger partial charge in [0.15, 0.2) is 11.5 Å². The fourth-order valence-electron chi connectivity index (χ4n) is 1.98. The molecule has 0 aromatic heterocycles. The van der Waals surface area contributed by atoms with E-state index in [1.165, 1.54) is 0 Å². The fourth-order valence-corrected chi connectivity index (χ4v) is 1.98. The lowest BCUT2D eigenvalue weighted by atomic mass is 10.2. The lowest BCUT2D eigenvalue weighted by molar-refractivity contribution is -0.116. The molecular weight excluding hydrogens is 282 g/mol. The summed E-state index contributed by atoms with van der Waals surface area (Å²) in [5, 5.41) is 6.12. The number of rotatable bonds is 10. The molecule has 0 radical (unpaired) electrons. The summed E-state index contributed by atoms with van der Waals surface area (Å²) in [5.74, 6) is 1.22. The topological polar surface area (TPSA) is 62.8 Å². The van der Waals surface area contributed by atoms with Gasteiger partial charge in [-0.15, -0.1) is 0 Å². The first-order valence-electron chi connectivity index (χ1n) is 7.44. The first-order chi connectivity index (χ1) is 10.6. The van der Waals surface area contributed by atoms with E-state index in [9.17, 15) is 4.79 Å². The molecule has 6 heteroatoms. The number of carbonyl (C=O) groups excluding carboxylic acids is 1. The van der Waals surface area contributed by atoms with Gasteiger partial charge in [0.2, 0.25) is 5.91 Å². The number of anilines is 1. The van der Waals surface area contributed by atoms with E-state index in [0.717, 1.165) is 19.5 Å². The van der Waals surface area contributed by atoms with Gasteiger partial charge < -0.3 is 25.0 Å². The molecule has 1 aromatic carbocycles. The third-order valence-electron chi connectivity index (χ3n) is 3.16. The van der Waals surface area contributed by atoms with Crippen LogP contribution in [0.1, 0.15) is 12.8 Å². The van der Waals surface area contributed by atoms with Gasteiger partial charge in [0.1, 0.15) is 0 Å². The molecule has 0 saturated heterocycles. The number of ether oxygens (including phenoxy) is 2. The van der Waals surface area contributed by atoms with Crippen molar-refractivity contribution in [1.82, 2.24) is 10.2 Å². The van der Waals surface area contributed by atoms with E-state index in [2.05, 4.69) is 29.6 Å². The van der Waals surface area contributed by atoms with Crippen LogP contribution >= 0.6 is 0 Å². The molecule has 0 saturated carbocycles. The van der Waals surface area contributed by atoms with Crippen LogP contribution in [0.15, 0.2) is 18.2 Å². The number of hydrogen-bond acceptors (Lipinski definition) is 5. The maximum Gasteiger partial charge on any atom is 0.225 e. The second-order valence-corrected chi connectivity index (χ2v) is 5.27. The number of benzene rings is 1. The molecule has 0 heterocycles. The quantitative estimate of drug-likeness (QED) is 0.643. The molecule has 0 fully saturated rings. The zero-order valence-corrected chi connectivity index (χ0v) is 13.9. The van der Waals surface area contributed by atoms with Crippen molar-refractivity contribution in [3.05, 3.63) is 18.2 Å². The van der Waals surface area contributed by atoms with Crippen molar-refractivity contribution in [1.29, 1.82) is 0 Å². The Morgan fingerprint density at radius 2 is 1.86 bits per heavy atom. The zero-order chi connectivity index (χ0) is 16.4. The molecule has 6 nitrogen and oxygen atoms in total. The number of nitrogens with one attached hydrogen (secondary N) is 2. The minimum atomic E-state index is -0.0210. The zero-order valence-electron chi connectivity index (χ0n) is 13.9. The standard InChI is InChI=1S/C16H27N3O3/c1-19(2)11-5-9-17-10-8-16(20)18-13-6-7-14(21-3)15(12-13)22-4/h6-7,12,17H,5,8-11H2,1-4H3,(H,18,20). The van der Waals surface area contributed by atoms with E-state index >= 15 is 0 Å². The second kappa shape index (κ2) is 10.0. The first-order valence-corrected chi connectivity index (χ1v) is 7.44. The Bertz CT molecular complexity index is 464. The molecule has 0 bridgehead atoms. The molecule has 1 rings (SSSR count). The van der Waals surface area contributed by atoms with Gasteiger partial charge in [-0.3, -0.25) is 4.79 Å². The maximum atomic E-state index is 11.9. The Morgan fingerprint density at radius 1 is 1.14 bits per heavy atom. The van der Waals surface area contributed by atoms with Gasteiger partial charge in [-0.2, -0.15) is 0 Å². The third-order valence-corrected chi connectivity index (χ3v) is 3.16. The minimum Gasteiger partial charge on any atom is -0.493 e. The highest BCUT2D eigenvalue weighted by molar-refractivity contribution is 5.91. The van der Waals surface area contributed by atoms with Gasteiger partial charge in [-0.05, 0) is 45.7 Å². The fraction of sp³-hybridized carbons (Fsp3) is 0.562. The highest BCUT2D eigenvalue weighted by Gasteiger charge is 2.07. The van der Waals surface area contributed by atoms with Crippen molar-refractivity contribution in [2.75, 3.05) is 53.3 Å². The predicted molar refractivity (Wildman–Crippen MR) is 88.8 cm³/mol. The van der Waals surface area contributed by atoms with E-state index in [0.29, 0.717) is 30.2 Å². The van der Waals surface area contributed by atoms with Crippen LogP contribution in [0.2, 0.25) is 0 Å². The van der Waals surface area contributed by atoms with Gasteiger partial charge >= 0.3 is 0 Å². The Morgan fingerprint density at radius 3 is 2.50 bits per heavy atom. The average Bonchev–Trinajstić information content (AvgIpc) is 2.50. The molecule has 22 heavy (non-hydrogen) atoms. The molecule has 0 aliphatic carbocycles. The number of hydrogen-bond donors (Lipinski definition) is 2. The molecule has 0 unspecified atom stereocenters. The number of amides is 1. The van der Waals surface area contributed by atoms with Crippen molar-refractivity contribution < 1.29 is 14.3 Å². The highest BCUT2D eigenvalue weighted by Crippen LogP contribution is 2.29. The van der Waals surface area contributed by atoms with E-state index in [4.69, 9.17) is 9.47 Å². The van der Waals surface area contributed by atoms with Crippen LogP contribution in [-0.4, -0.2) is 58.8 Å². The summed E-state index contributed by atoms with van der Waals surface area (Å²) in [4.78, 5) is 14.0. The van der Waals surface area contributed by atoms with Crippen molar-refractivity contribution in [2.24, 2.45) is 0 Å². The average molecular weight is 309 g/mol. The number of nitrogens with zero attached hydrogens (tertiary/aromatic N) is 1. The summed E-state index contributed by atoms with van der Waals surface area (Å²) in [6.07, 6.45) is 1.51. The van der Waals surface area contributed by atoms with Gasteiger partial charge in [0, 0.05) is 24.7 Å². The summed E-state index contributed by atoms with van der Waals surface area (Å²) in [5.41, 5.74) is 0.704. The number of methoxy groups -OCH3 is 2. The van der Waals surface area contributed by atoms with Crippen LogP contribution in [0.5, 0.6) is 11.5 Å². The van der Waals surface area contributed by atoms with Crippen molar-refractivity contribution in [3.63, 3.8) is 0 Å². The van der Waals surface area contributed by atoms with Gasteiger partial charge in [-0.1, -0.05) is 0 Å². The lowest BCUT2D eigenvalue weighted by Gasteiger charge is -2.11. The monoisotopic (exact) mass is 309 g/mol. The second-order valence-electron chi connectivity index (χ2n) is 5.27. The molecule has 0 aliphatic heterocycles. The van der Waals surface area contributed by atoms with Gasteiger partial charge in [0.25, 0.3) is 0 Å². The van der Waals surface area contributed by atoms with Gasteiger partial charge in [-0.25, -0.2) is 0 Å². The van der Waals surface area contributed by atoms with Crippen LogP contribution in [-0.2, 0) is 4.79 Å². The SMILES string of the molecule is COc1ccc(NC(=O)CCNCCCN(C)C)cc1OC. The van der Waals surface area contributed by atoms with Crippen LogP contribution in [0.25, 0.3) is 0 Å². The molecule has 0 atom stereocenters. The van der Waals surface area contributed by atoms with E-state index in [1.54, 1.807) is 32.4 Å². The summed E-state index contributed by atoms with van der Waals surface area (Å²) in [7, 11) is 7.26. The molecule has 0 aliphatic rings. The largest absolute Gasteiger partial charge is 0.493 e. The lowest BCUT2D eigenvalue weighted by Crippen LogP contribution is -2.25. The molecule has 2 N–H and O–H groups in total. The molecule has 0 spiro atoms. The maximum absolute atomic E-state index is 11.9. The van der Waals surface area contributed by atoms with Crippen molar-refractivity contribution in [2.45, 2.75) is 12.8 Å². The summed E-state index contributed by atoms with van der Waals surface area (Å²) < 4.78 is 10.4. The highest BCUT2D eigenvalue weighted by atomic mass is 16.5. The number of carbonyl (C=O) groups is 1. The minimum absolute atomic E-state index is 0.0210. The molecule has 124 valence electrons. The third kappa shape index (κ3) is 6.78. The summed E-state index contributed by atoms with van der Waals surface area (Å²) in [6, 6.07) is 5.32. The molecular formula is C16H27N3O3. The van der Waals surface area contributed by atoms with Gasteiger partial charge in [0.05, 0.1) is 14.2 Å². The van der Waals surface area contributed by atoms with E-state index in [1.807, 2.05) is 0 Å². The van der Waals surface area contributed by atoms with Crippen LogP contribution < -0.4 is 20.1 Å². The Labute approximate surface area is 132 Å². The predicted octanol–water partition coefficient (Wildman–Crippen LogP) is 1.57. The van der Waals surface area contributed by atoms with Crippen molar-refractivity contribution >= 4 is 11.6 Å². The van der Waals surface area contributed by atoms with Crippen LogP contribution in [0.4, 0.5) is 5.69 Å². The normalized spacial score (nSPS) is 10.6. The summed E-state index contributed by atoms with van der Waals surface area (Å²) in [6.45, 7) is 2.64. The summed E-state index contributed by atoms with van der Waals surface area (Å²) >= 11 is 0. The van der Waals surface area contributed by atoms with Crippen LogP contribution in [0, 0.1) is 0 Å². The van der Waals surface area contributed by atoms with E-state index in [-0.39, 0.29) is 5.91 Å². The first kappa shape index (κ1) is 18.3. The smallest absolute Gasteiger partial charge is 0.225 e.